The van der Waals surface area contributed by atoms with Crippen LogP contribution in [0.25, 0.3) is 11.0 Å². The van der Waals surface area contributed by atoms with Gasteiger partial charge in [-0.1, -0.05) is 6.07 Å². The summed E-state index contributed by atoms with van der Waals surface area (Å²) in [7, 11) is 4.09. The number of aryl methyl sites for hydroxylation is 1. The van der Waals surface area contributed by atoms with E-state index in [1.165, 1.54) is 23.1 Å². The third-order valence-corrected chi connectivity index (χ3v) is 3.54. The molecule has 0 aliphatic carbocycles. The standard InChI is InChI=1S/C15H18N6/c1-10-6-12(21(2)3)5-4-11(10)7-16-14-13-8-19-20-15(13)18-9-17-14/h4-6,8-9H,7H2,1-3H3,(H2,16,17,18,19,20). The molecule has 0 aliphatic rings. The van der Waals surface area contributed by atoms with Crippen LogP contribution < -0.4 is 10.2 Å². The lowest BCUT2D eigenvalue weighted by atomic mass is 10.1. The zero-order chi connectivity index (χ0) is 14.8. The Morgan fingerprint density at radius 3 is 2.86 bits per heavy atom. The van der Waals surface area contributed by atoms with Crippen molar-refractivity contribution < 1.29 is 0 Å². The number of benzene rings is 1. The lowest BCUT2D eigenvalue weighted by molar-refractivity contribution is 1.06. The molecular weight excluding hydrogens is 264 g/mol. The average molecular weight is 282 g/mol. The first kappa shape index (κ1) is 13.4. The lowest BCUT2D eigenvalue weighted by Crippen LogP contribution is -2.10. The number of aromatic amines is 1. The molecule has 3 aromatic rings. The molecule has 3 rings (SSSR count). The van der Waals surface area contributed by atoms with Crippen LogP contribution in [-0.2, 0) is 6.54 Å². The van der Waals surface area contributed by atoms with E-state index in [0.29, 0.717) is 0 Å². The number of fused-ring (bicyclic) bond motifs is 1. The Bertz CT molecular complexity index is 762. The van der Waals surface area contributed by atoms with Crippen molar-refractivity contribution in [3.05, 3.63) is 41.9 Å². The van der Waals surface area contributed by atoms with Gasteiger partial charge in [0.2, 0.25) is 0 Å². The van der Waals surface area contributed by atoms with E-state index in [1.807, 2.05) is 14.1 Å². The Hall–Kier alpha value is -2.63. The second kappa shape index (κ2) is 5.40. The Morgan fingerprint density at radius 1 is 1.24 bits per heavy atom. The molecule has 6 heteroatoms. The van der Waals surface area contributed by atoms with Crippen LogP contribution in [0.2, 0.25) is 0 Å². The lowest BCUT2D eigenvalue weighted by Gasteiger charge is -2.15. The van der Waals surface area contributed by atoms with E-state index in [0.717, 1.165) is 23.4 Å². The molecule has 0 spiro atoms. The normalized spacial score (nSPS) is 10.8. The summed E-state index contributed by atoms with van der Waals surface area (Å²) in [4.78, 5) is 10.5. The second-order valence-electron chi connectivity index (χ2n) is 5.21. The molecule has 0 saturated heterocycles. The summed E-state index contributed by atoms with van der Waals surface area (Å²) in [6, 6.07) is 6.45. The minimum absolute atomic E-state index is 0.719. The van der Waals surface area contributed by atoms with Gasteiger partial charge in [0, 0.05) is 26.3 Å². The van der Waals surface area contributed by atoms with Crippen molar-refractivity contribution in [1.29, 1.82) is 0 Å². The highest BCUT2D eigenvalue weighted by atomic mass is 15.2. The largest absolute Gasteiger partial charge is 0.378 e. The van der Waals surface area contributed by atoms with Crippen LogP contribution in [-0.4, -0.2) is 34.3 Å². The number of hydrogen-bond acceptors (Lipinski definition) is 5. The summed E-state index contributed by atoms with van der Waals surface area (Å²) >= 11 is 0. The first-order chi connectivity index (χ1) is 10.1. The zero-order valence-electron chi connectivity index (χ0n) is 12.4. The van der Waals surface area contributed by atoms with Crippen LogP contribution in [0.5, 0.6) is 0 Å². The fourth-order valence-corrected chi connectivity index (χ4v) is 2.24. The van der Waals surface area contributed by atoms with Gasteiger partial charge in [-0.15, -0.1) is 0 Å². The van der Waals surface area contributed by atoms with Gasteiger partial charge in [-0.2, -0.15) is 5.10 Å². The van der Waals surface area contributed by atoms with Gasteiger partial charge in [-0.05, 0) is 30.2 Å². The predicted molar refractivity (Wildman–Crippen MR) is 84.5 cm³/mol. The molecular formula is C15H18N6. The number of hydrogen-bond donors (Lipinski definition) is 2. The summed E-state index contributed by atoms with van der Waals surface area (Å²) < 4.78 is 0. The van der Waals surface area contributed by atoms with Crippen molar-refractivity contribution in [2.75, 3.05) is 24.3 Å². The molecule has 0 saturated carbocycles. The molecule has 0 unspecified atom stereocenters. The highest BCUT2D eigenvalue weighted by Gasteiger charge is 2.06. The van der Waals surface area contributed by atoms with Crippen LogP contribution >= 0.6 is 0 Å². The number of H-pyrrole nitrogens is 1. The van der Waals surface area contributed by atoms with Crippen molar-refractivity contribution in [2.45, 2.75) is 13.5 Å². The van der Waals surface area contributed by atoms with Gasteiger partial charge < -0.3 is 10.2 Å². The highest BCUT2D eigenvalue weighted by Crippen LogP contribution is 2.20. The topological polar surface area (TPSA) is 69.7 Å². The molecule has 0 amide bonds. The van der Waals surface area contributed by atoms with Gasteiger partial charge in [0.15, 0.2) is 5.65 Å². The maximum absolute atomic E-state index is 4.28. The fraction of sp³-hybridized carbons (Fsp3) is 0.267. The molecule has 21 heavy (non-hydrogen) atoms. The van der Waals surface area contributed by atoms with Crippen molar-refractivity contribution in [3.8, 4) is 0 Å². The van der Waals surface area contributed by atoms with Crippen LogP contribution in [0, 0.1) is 6.92 Å². The fourth-order valence-electron chi connectivity index (χ4n) is 2.24. The monoisotopic (exact) mass is 282 g/mol. The average Bonchev–Trinajstić information content (AvgIpc) is 2.94. The highest BCUT2D eigenvalue weighted by molar-refractivity contribution is 5.85. The third kappa shape index (κ3) is 2.65. The van der Waals surface area contributed by atoms with E-state index in [1.54, 1.807) is 6.20 Å². The molecule has 0 aliphatic heterocycles. The second-order valence-corrected chi connectivity index (χ2v) is 5.21. The Labute approximate surface area is 123 Å². The SMILES string of the molecule is Cc1cc(N(C)C)ccc1CNc1ncnc2[nH]ncc12. The maximum atomic E-state index is 4.28. The Morgan fingerprint density at radius 2 is 2.10 bits per heavy atom. The molecule has 108 valence electrons. The van der Waals surface area contributed by atoms with Gasteiger partial charge in [-0.25, -0.2) is 9.97 Å². The number of nitrogens with zero attached hydrogens (tertiary/aromatic N) is 4. The van der Waals surface area contributed by atoms with Crippen LogP contribution in [0.4, 0.5) is 11.5 Å². The molecule has 0 bridgehead atoms. The van der Waals surface area contributed by atoms with E-state index >= 15 is 0 Å². The van der Waals surface area contributed by atoms with E-state index in [4.69, 9.17) is 0 Å². The molecule has 2 heterocycles. The number of nitrogens with one attached hydrogen (secondary N) is 2. The van der Waals surface area contributed by atoms with Crippen molar-refractivity contribution in [2.24, 2.45) is 0 Å². The Balaban J connectivity index is 1.80. The van der Waals surface area contributed by atoms with Gasteiger partial charge >= 0.3 is 0 Å². The van der Waals surface area contributed by atoms with Crippen molar-refractivity contribution in [1.82, 2.24) is 20.2 Å². The van der Waals surface area contributed by atoms with Crippen LogP contribution in [0.1, 0.15) is 11.1 Å². The van der Waals surface area contributed by atoms with E-state index < -0.39 is 0 Å². The summed E-state index contributed by atoms with van der Waals surface area (Å²) in [5.74, 6) is 0.796. The zero-order valence-corrected chi connectivity index (χ0v) is 12.4. The molecule has 0 atom stereocenters. The molecule has 0 fully saturated rings. The molecule has 0 radical (unpaired) electrons. The van der Waals surface area contributed by atoms with Gasteiger partial charge in [0.1, 0.15) is 12.1 Å². The van der Waals surface area contributed by atoms with Crippen LogP contribution in [0.3, 0.4) is 0 Å². The summed E-state index contributed by atoms with van der Waals surface area (Å²) in [6.45, 7) is 2.84. The first-order valence-corrected chi connectivity index (χ1v) is 6.80. The smallest absolute Gasteiger partial charge is 0.160 e. The first-order valence-electron chi connectivity index (χ1n) is 6.80. The summed E-state index contributed by atoms with van der Waals surface area (Å²) in [5.41, 5.74) is 4.45. The minimum atomic E-state index is 0.719. The minimum Gasteiger partial charge on any atom is -0.378 e. The van der Waals surface area contributed by atoms with Crippen LogP contribution in [0.15, 0.2) is 30.7 Å². The van der Waals surface area contributed by atoms with Crippen molar-refractivity contribution in [3.63, 3.8) is 0 Å². The Kier molecular flexibility index (Phi) is 3.43. The van der Waals surface area contributed by atoms with E-state index in [2.05, 4.69) is 55.5 Å². The van der Waals surface area contributed by atoms with Crippen molar-refractivity contribution >= 4 is 22.5 Å². The van der Waals surface area contributed by atoms with E-state index in [-0.39, 0.29) is 0 Å². The number of aromatic nitrogens is 4. The maximum Gasteiger partial charge on any atom is 0.160 e. The molecule has 1 aromatic carbocycles. The predicted octanol–water partition coefficient (Wildman–Crippen LogP) is 2.34. The summed E-state index contributed by atoms with van der Waals surface area (Å²) in [5, 5.41) is 11.1. The quantitative estimate of drug-likeness (QED) is 0.768. The van der Waals surface area contributed by atoms with Gasteiger partial charge in [-0.3, -0.25) is 5.10 Å². The van der Waals surface area contributed by atoms with E-state index in [9.17, 15) is 0 Å². The molecule has 2 N–H and O–H groups in total. The molecule has 2 aromatic heterocycles. The van der Waals surface area contributed by atoms with Gasteiger partial charge in [0.05, 0.1) is 11.6 Å². The summed E-state index contributed by atoms with van der Waals surface area (Å²) in [6.07, 6.45) is 3.27. The van der Waals surface area contributed by atoms with Gasteiger partial charge in [0.25, 0.3) is 0 Å². The number of rotatable bonds is 4. The third-order valence-electron chi connectivity index (χ3n) is 3.54. The number of anilines is 2. The molecule has 6 nitrogen and oxygen atoms in total.